The number of halogens is 1. The summed E-state index contributed by atoms with van der Waals surface area (Å²) in [6.45, 7) is 3.58. The van der Waals surface area contributed by atoms with Gasteiger partial charge in [-0.15, -0.1) is 11.3 Å². The quantitative estimate of drug-likeness (QED) is 0.816. The highest BCUT2D eigenvalue weighted by atomic mass is 32.1. The second kappa shape index (κ2) is 7.06. The third-order valence-corrected chi connectivity index (χ3v) is 4.78. The molecule has 7 heteroatoms. The molecule has 1 aliphatic heterocycles. The van der Waals surface area contributed by atoms with Crippen molar-refractivity contribution in [3.63, 3.8) is 0 Å². The molecule has 0 saturated carbocycles. The van der Waals surface area contributed by atoms with Crippen molar-refractivity contribution >= 4 is 23.3 Å². The van der Waals surface area contributed by atoms with E-state index in [9.17, 15) is 14.0 Å². The van der Waals surface area contributed by atoms with E-state index in [1.165, 1.54) is 17.4 Å². The maximum absolute atomic E-state index is 14.2. The second-order valence-corrected chi connectivity index (χ2v) is 6.45. The summed E-state index contributed by atoms with van der Waals surface area (Å²) in [5.74, 6) is -0.871. The van der Waals surface area contributed by atoms with Gasteiger partial charge in [0.05, 0.1) is 18.2 Å². The number of allylic oxidation sites excluding steroid dienone is 1. The van der Waals surface area contributed by atoms with Crippen LogP contribution in [0.2, 0.25) is 0 Å². The molecule has 1 aliphatic rings. The number of amides is 2. The van der Waals surface area contributed by atoms with E-state index in [2.05, 4.69) is 10.6 Å². The largest absolute Gasteiger partial charge is 0.463 e. The van der Waals surface area contributed by atoms with Gasteiger partial charge in [-0.2, -0.15) is 0 Å². The van der Waals surface area contributed by atoms with Crippen LogP contribution in [0.15, 0.2) is 47.0 Å². The number of hydrogen-bond donors (Lipinski definition) is 2. The highest BCUT2D eigenvalue weighted by Gasteiger charge is 2.32. The molecule has 0 radical (unpaired) electrons. The van der Waals surface area contributed by atoms with Crippen LogP contribution in [0.25, 0.3) is 10.4 Å². The summed E-state index contributed by atoms with van der Waals surface area (Å²) in [4.78, 5) is 25.0. The number of urea groups is 1. The summed E-state index contributed by atoms with van der Waals surface area (Å²) in [5, 5.41) is 7.16. The fraction of sp³-hybridized carbons (Fsp3) is 0.222. The van der Waals surface area contributed by atoms with Crippen LogP contribution in [0.1, 0.15) is 25.5 Å². The molecular weight excluding hydrogens is 343 g/mol. The number of hydrogen-bond acceptors (Lipinski definition) is 4. The molecule has 2 amide bonds. The van der Waals surface area contributed by atoms with Crippen LogP contribution in [0, 0.1) is 5.82 Å². The van der Waals surface area contributed by atoms with Gasteiger partial charge in [0.15, 0.2) is 0 Å². The van der Waals surface area contributed by atoms with Gasteiger partial charge in [-0.05, 0) is 43.0 Å². The Labute approximate surface area is 148 Å². The summed E-state index contributed by atoms with van der Waals surface area (Å²) >= 11 is 1.42. The van der Waals surface area contributed by atoms with Gasteiger partial charge in [-0.1, -0.05) is 12.1 Å². The first-order chi connectivity index (χ1) is 12.0. The zero-order chi connectivity index (χ0) is 18.0. The Morgan fingerprint density at radius 3 is 2.84 bits per heavy atom. The van der Waals surface area contributed by atoms with Crippen molar-refractivity contribution in [3.05, 3.63) is 58.4 Å². The molecule has 5 nitrogen and oxygen atoms in total. The average Bonchev–Trinajstić information content (AvgIpc) is 3.09. The molecule has 0 spiro atoms. The van der Waals surface area contributed by atoms with Gasteiger partial charge in [0.1, 0.15) is 5.82 Å². The molecule has 2 aromatic rings. The lowest BCUT2D eigenvalue weighted by Gasteiger charge is -2.28. The first kappa shape index (κ1) is 17.2. The van der Waals surface area contributed by atoms with E-state index in [0.29, 0.717) is 22.4 Å². The van der Waals surface area contributed by atoms with E-state index in [-0.39, 0.29) is 12.4 Å². The van der Waals surface area contributed by atoms with E-state index in [1.54, 1.807) is 26.0 Å². The van der Waals surface area contributed by atoms with Crippen LogP contribution in [0.4, 0.5) is 9.18 Å². The maximum Gasteiger partial charge on any atom is 0.338 e. The van der Waals surface area contributed by atoms with Crippen LogP contribution >= 0.6 is 11.3 Å². The van der Waals surface area contributed by atoms with Gasteiger partial charge in [0.25, 0.3) is 0 Å². The maximum atomic E-state index is 14.2. The third kappa shape index (κ3) is 3.41. The Kier molecular flexibility index (Phi) is 4.85. The number of esters is 1. The van der Waals surface area contributed by atoms with Crippen LogP contribution in [-0.2, 0) is 9.53 Å². The van der Waals surface area contributed by atoms with Gasteiger partial charge in [0, 0.05) is 16.1 Å². The lowest BCUT2D eigenvalue weighted by atomic mass is 9.94. The van der Waals surface area contributed by atoms with Crippen LogP contribution in [0.5, 0.6) is 0 Å². The first-order valence-electron chi connectivity index (χ1n) is 7.80. The second-order valence-electron chi connectivity index (χ2n) is 5.51. The zero-order valence-corrected chi connectivity index (χ0v) is 14.6. The molecule has 130 valence electrons. The molecule has 0 bridgehead atoms. The Morgan fingerprint density at radius 2 is 2.16 bits per heavy atom. The van der Waals surface area contributed by atoms with Gasteiger partial charge in [-0.25, -0.2) is 14.0 Å². The Hall–Kier alpha value is -2.67. The average molecular weight is 360 g/mol. The molecular formula is C18H17FN2O3S. The van der Waals surface area contributed by atoms with E-state index in [1.807, 2.05) is 17.5 Å². The topological polar surface area (TPSA) is 67.4 Å². The minimum absolute atomic E-state index is 0.222. The number of ether oxygens (including phenoxy) is 1. The van der Waals surface area contributed by atoms with Crippen molar-refractivity contribution in [2.45, 2.75) is 19.9 Å². The van der Waals surface area contributed by atoms with Crippen molar-refractivity contribution in [2.24, 2.45) is 0 Å². The van der Waals surface area contributed by atoms with Crippen molar-refractivity contribution in [1.29, 1.82) is 0 Å². The minimum Gasteiger partial charge on any atom is -0.463 e. The van der Waals surface area contributed by atoms with Gasteiger partial charge in [0.2, 0.25) is 0 Å². The molecule has 1 aromatic heterocycles. The van der Waals surface area contributed by atoms with E-state index in [0.717, 1.165) is 4.88 Å². The summed E-state index contributed by atoms with van der Waals surface area (Å²) in [5.41, 5.74) is 1.78. The number of carbonyl (C=O) groups is 2. The monoisotopic (exact) mass is 360 g/mol. The number of nitrogens with one attached hydrogen (secondary N) is 2. The number of benzene rings is 1. The molecule has 1 aromatic carbocycles. The normalized spacial score (nSPS) is 17.1. The van der Waals surface area contributed by atoms with Gasteiger partial charge < -0.3 is 15.4 Å². The molecule has 25 heavy (non-hydrogen) atoms. The SMILES string of the molecule is CCOC(=O)C1=C(C)NC(=O)N[C@@H]1c1ccc(F)c(-c2cccs2)c1. The molecule has 2 heterocycles. The Morgan fingerprint density at radius 1 is 1.36 bits per heavy atom. The summed E-state index contributed by atoms with van der Waals surface area (Å²) in [6.07, 6.45) is 0. The summed E-state index contributed by atoms with van der Waals surface area (Å²) in [7, 11) is 0. The summed E-state index contributed by atoms with van der Waals surface area (Å²) in [6, 6.07) is 7.11. The predicted molar refractivity (Wildman–Crippen MR) is 93.5 cm³/mol. The molecule has 0 unspecified atom stereocenters. The van der Waals surface area contributed by atoms with Gasteiger partial charge in [-0.3, -0.25) is 0 Å². The highest BCUT2D eigenvalue weighted by molar-refractivity contribution is 7.13. The van der Waals surface area contributed by atoms with E-state index < -0.39 is 18.0 Å². The summed E-state index contributed by atoms with van der Waals surface area (Å²) < 4.78 is 19.3. The molecule has 2 N–H and O–H groups in total. The lowest BCUT2D eigenvalue weighted by molar-refractivity contribution is -0.139. The van der Waals surface area contributed by atoms with Crippen molar-refractivity contribution in [3.8, 4) is 10.4 Å². The molecule has 0 fully saturated rings. The fourth-order valence-electron chi connectivity index (χ4n) is 2.77. The van der Waals surface area contributed by atoms with Crippen molar-refractivity contribution in [1.82, 2.24) is 10.6 Å². The Balaban J connectivity index is 2.07. The molecule has 0 saturated heterocycles. The fourth-order valence-corrected chi connectivity index (χ4v) is 3.51. The predicted octanol–water partition coefficient (Wildman–Crippen LogP) is 3.75. The number of carbonyl (C=O) groups excluding carboxylic acids is 2. The molecule has 1 atom stereocenters. The molecule has 0 aliphatic carbocycles. The highest BCUT2D eigenvalue weighted by Crippen LogP contribution is 2.33. The van der Waals surface area contributed by atoms with E-state index in [4.69, 9.17) is 4.74 Å². The Bertz CT molecular complexity index is 846. The molecule has 3 rings (SSSR count). The lowest BCUT2D eigenvalue weighted by Crippen LogP contribution is -2.45. The van der Waals surface area contributed by atoms with Crippen LogP contribution in [0.3, 0.4) is 0 Å². The first-order valence-corrected chi connectivity index (χ1v) is 8.68. The minimum atomic E-state index is -0.702. The number of rotatable bonds is 4. The van der Waals surface area contributed by atoms with Crippen molar-refractivity contribution < 1.29 is 18.7 Å². The van der Waals surface area contributed by atoms with Crippen LogP contribution in [-0.4, -0.2) is 18.6 Å². The zero-order valence-electron chi connectivity index (χ0n) is 13.8. The number of thiophene rings is 1. The third-order valence-electron chi connectivity index (χ3n) is 3.87. The van der Waals surface area contributed by atoms with Crippen LogP contribution < -0.4 is 10.6 Å². The smallest absolute Gasteiger partial charge is 0.338 e. The standard InChI is InChI=1S/C18H17FN2O3S/c1-3-24-17(22)15-10(2)20-18(23)21-16(15)11-6-7-13(19)12(9-11)14-5-4-8-25-14/h4-9,16H,3H2,1-2H3,(H2,20,21,23)/t16-/m1/s1. The van der Waals surface area contributed by atoms with Crippen molar-refractivity contribution in [2.75, 3.05) is 6.61 Å². The van der Waals surface area contributed by atoms with Gasteiger partial charge >= 0.3 is 12.0 Å². The van der Waals surface area contributed by atoms with E-state index >= 15 is 0 Å².